The van der Waals surface area contributed by atoms with Gasteiger partial charge in [-0.2, -0.15) is 15.0 Å². The van der Waals surface area contributed by atoms with Crippen LogP contribution in [0.1, 0.15) is 0 Å². The lowest BCUT2D eigenvalue weighted by atomic mass is 10.1. The van der Waals surface area contributed by atoms with E-state index in [2.05, 4.69) is 10.2 Å². The predicted molar refractivity (Wildman–Crippen MR) is 62.4 cm³/mol. The van der Waals surface area contributed by atoms with Crippen LogP contribution in [0, 0.1) is 0 Å². The molecule has 0 spiro atoms. The molecule has 2 aromatic rings. The van der Waals surface area contributed by atoms with Gasteiger partial charge in [0, 0.05) is 17.6 Å². The molecule has 2 rings (SSSR count). The van der Waals surface area contributed by atoms with Gasteiger partial charge in [-0.05, 0) is 12.1 Å². The summed E-state index contributed by atoms with van der Waals surface area (Å²) in [5.41, 5.74) is 7.71. The third kappa shape index (κ3) is 1.81. The van der Waals surface area contributed by atoms with Crippen LogP contribution in [0.25, 0.3) is 11.3 Å². The summed E-state index contributed by atoms with van der Waals surface area (Å²) in [7, 11) is 3.29. The standard InChI is InChI=1S/C10H11ClN4O/c1-15-13-5-9(14-15)7-3-6(11)4-8(12)10(7)16-2/h3-5H,12H2,1-2H3. The summed E-state index contributed by atoms with van der Waals surface area (Å²) in [5.74, 6) is 0.560. The molecular formula is C10H11ClN4O. The van der Waals surface area contributed by atoms with Crippen LogP contribution in [0.2, 0.25) is 5.02 Å². The number of halogens is 1. The van der Waals surface area contributed by atoms with Gasteiger partial charge in [0.15, 0.2) is 5.75 Å². The number of hydrogen-bond donors (Lipinski definition) is 1. The van der Waals surface area contributed by atoms with Gasteiger partial charge in [-0.3, -0.25) is 0 Å². The first kappa shape index (κ1) is 10.8. The fraction of sp³-hybridized carbons (Fsp3) is 0.200. The molecule has 1 heterocycles. The topological polar surface area (TPSA) is 66.0 Å². The van der Waals surface area contributed by atoms with Crippen LogP contribution in [0.5, 0.6) is 5.75 Å². The van der Waals surface area contributed by atoms with Crippen LogP contribution >= 0.6 is 11.6 Å². The van der Waals surface area contributed by atoms with E-state index < -0.39 is 0 Å². The average Bonchev–Trinajstić information content (AvgIpc) is 2.63. The van der Waals surface area contributed by atoms with Crippen LogP contribution in [-0.4, -0.2) is 22.1 Å². The van der Waals surface area contributed by atoms with E-state index >= 15 is 0 Å². The van der Waals surface area contributed by atoms with Gasteiger partial charge in [-0.15, -0.1) is 0 Å². The molecule has 0 amide bonds. The summed E-state index contributed by atoms with van der Waals surface area (Å²) in [6.45, 7) is 0. The molecule has 0 bridgehead atoms. The number of nitrogens with zero attached hydrogens (tertiary/aromatic N) is 3. The van der Waals surface area contributed by atoms with Crippen molar-refractivity contribution in [2.24, 2.45) is 7.05 Å². The maximum atomic E-state index is 5.95. The highest BCUT2D eigenvalue weighted by Gasteiger charge is 2.13. The number of methoxy groups -OCH3 is 1. The fourth-order valence-electron chi connectivity index (χ4n) is 1.50. The second-order valence-electron chi connectivity index (χ2n) is 3.30. The van der Waals surface area contributed by atoms with Gasteiger partial charge in [0.05, 0.1) is 19.0 Å². The zero-order chi connectivity index (χ0) is 11.7. The molecule has 0 aliphatic rings. The molecule has 5 nitrogen and oxygen atoms in total. The van der Waals surface area contributed by atoms with Crippen molar-refractivity contribution in [1.82, 2.24) is 15.0 Å². The molecule has 0 aliphatic carbocycles. The number of aryl methyl sites for hydroxylation is 1. The van der Waals surface area contributed by atoms with Crippen molar-refractivity contribution < 1.29 is 4.74 Å². The van der Waals surface area contributed by atoms with E-state index in [1.54, 1.807) is 32.5 Å². The lowest BCUT2D eigenvalue weighted by Gasteiger charge is -2.09. The molecule has 0 atom stereocenters. The highest BCUT2D eigenvalue weighted by atomic mass is 35.5. The quantitative estimate of drug-likeness (QED) is 0.810. The Morgan fingerprint density at radius 2 is 2.19 bits per heavy atom. The number of nitrogens with two attached hydrogens (primary N) is 1. The van der Waals surface area contributed by atoms with E-state index in [0.29, 0.717) is 22.2 Å². The fourth-order valence-corrected chi connectivity index (χ4v) is 1.73. The third-order valence-corrected chi connectivity index (χ3v) is 2.38. The van der Waals surface area contributed by atoms with Crippen molar-refractivity contribution in [3.05, 3.63) is 23.4 Å². The molecule has 84 valence electrons. The Balaban J connectivity index is 2.63. The second kappa shape index (κ2) is 4.02. The molecule has 0 radical (unpaired) electrons. The highest BCUT2D eigenvalue weighted by molar-refractivity contribution is 6.31. The zero-order valence-electron chi connectivity index (χ0n) is 8.94. The Kier molecular flexibility index (Phi) is 2.70. The van der Waals surface area contributed by atoms with Gasteiger partial charge in [0.2, 0.25) is 0 Å². The zero-order valence-corrected chi connectivity index (χ0v) is 9.69. The first-order chi connectivity index (χ1) is 7.61. The molecule has 1 aromatic heterocycles. The maximum absolute atomic E-state index is 5.95. The number of benzene rings is 1. The van der Waals surface area contributed by atoms with E-state index in [4.69, 9.17) is 22.1 Å². The SMILES string of the molecule is COc1c(N)cc(Cl)cc1-c1cnn(C)n1. The first-order valence-corrected chi connectivity index (χ1v) is 4.99. The Hall–Kier alpha value is -1.75. The number of hydrogen-bond acceptors (Lipinski definition) is 4. The number of nitrogen functional groups attached to an aromatic ring is 1. The Bertz CT molecular complexity index is 524. The maximum Gasteiger partial charge on any atom is 0.151 e. The number of anilines is 1. The van der Waals surface area contributed by atoms with Crippen LogP contribution in [0.15, 0.2) is 18.3 Å². The van der Waals surface area contributed by atoms with Gasteiger partial charge in [-0.1, -0.05) is 11.6 Å². The van der Waals surface area contributed by atoms with Crippen molar-refractivity contribution >= 4 is 17.3 Å². The van der Waals surface area contributed by atoms with E-state index in [1.165, 1.54) is 4.80 Å². The number of aromatic nitrogens is 3. The summed E-state index contributed by atoms with van der Waals surface area (Å²) in [4.78, 5) is 1.46. The molecule has 0 aliphatic heterocycles. The van der Waals surface area contributed by atoms with E-state index in [0.717, 1.165) is 5.56 Å². The molecule has 0 fully saturated rings. The minimum absolute atomic E-state index is 0.482. The van der Waals surface area contributed by atoms with Crippen LogP contribution < -0.4 is 10.5 Å². The van der Waals surface area contributed by atoms with Crippen LogP contribution in [-0.2, 0) is 7.05 Å². The van der Waals surface area contributed by atoms with Gasteiger partial charge in [0.25, 0.3) is 0 Å². The number of ether oxygens (including phenoxy) is 1. The van der Waals surface area contributed by atoms with Crippen molar-refractivity contribution in [2.45, 2.75) is 0 Å². The van der Waals surface area contributed by atoms with Crippen LogP contribution in [0.3, 0.4) is 0 Å². The van der Waals surface area contributed by atoms with E-state index in [9.17, 15) is 0 Å². The molecule has 0 saturated heterocycles. The second-order valence-corrected chi connectivity index (χ2v) is 3.73. The lowest BCUT2D eigenvalue weighted by Crippen LogP contribution is -1.96. The summed E-state index contributed by atoms with van der Waals surface area (Å²) in [6, 6.07) is 3.39. The normalized spacial score (nSPS) is 10.4. The molecule has 0 saturated carbocycles. The van der Waals surface area contributed by atoms with Crippen LogP contribution in [0.4, 0.5) is 5.69 Å². The Labute approximate surface area is 97.8 Å². The Morgan fingerprint density at radius 3 is 2.75 bits per heavy atom. The van der Waals surface area contributed by atoms with Gasteiger partial charge in [0.1, 0.15) is 5.69 Å². The highest BCUT2D eigenvalue weighted by Crippen LogP contribution is 2.36. The van der Waals surface area contributed by atoms with Gasteiger partial charge >= 0.3 is 0 Å². The van der Waals surface area contributed by atoms with Crippen molar-refractivity contribution in [3.8, 4) is 17.0 Å². The molecule has 0 unspecified atom stereocenters. The third-order valence-electron chi connectivity index (χ3n) is 2.16. The summed E-state index contributed by atoms with van der Waals surface area (Å²) in [6.07, 6.45) is 1.63. The Morgan fingerprint density at radius 1 is 1.44 bits per heavy atom. The smallest absolute Gasteiger partial charge is 0.151 e. The van der Waals surface area contributed by atoms with E-state index in [1.807, 2.05) is 0 Å². The molecule has 16 heavy (non-hydrogen) atoms. The molecular weight excluding hydrogens is 228 g/mol. The summed E-state index contributed by atoms with van der Waals surface area (Å²) < 4.78 is 5.23. The van der Waals surface area contributed by atoms with Gasteiger partial charge < -0.3 is 10.5 Å². The minimum atomic E-state index is 0.482. The van der Waals surface area contributed by atoms with Crippen molar-refractivity contribution in [1.29, 1.82) is 0 Å². The predicted octanol–water partition coefficient (Wildman–Crippen LogP) is 1.73. The molecule has 6 heteroatoms. The number of rotatable bonds is 2. The molecule has 1 aromatic carbocycles. The first-order valence-electron chi connectivity index (χ1n) is 4.61. The monoisotopic (exact) mass is 238 g/mol. The largest absolute Gasteiger partial charge is 0.494 e. The summed E-state index contributed by atoms with van der Waals surface area (Å²) in [5, 5.41) is 8.72. The molecule has 2 N–H and O–H groups in total. The van der Waals surface area contributed by atoms with Crippen molar-refractivity contribution in [3.63, 3.8) is 0 Å². The lowest BCUT2D eigenvalue weighted by molar-refractivity contribution is 0.418. The van der Waals surface area contributed by atoms with Gasteiger partial charge in [-0.25, -0.2) is 0 Å². The summed E-state index contributed by atoms with van der Waals surface area (Å²) >= 11 is 5.95. The van der Waals surface area contributed by atoms with Crippen molar-refractivity contribution in [2.75, 3.05) is 12.8 Å². The van der Waals surface area contributed by atoms with E-state index in [-0.39, 0.29) is 0 Å². The minimum Gasteiger partial charge on any atom is -0.494 e. The average molecular weight is 239 g/mol.